The lowest BCUT2D eigenvalue weighted by Gasteiger charge is -2.38. The summed E-state index contributed by atoms with van der Waals surface area (Å²) in [7, 11) is 2.74. The van der Waals surface area contributed by atoms with E-state index in [2.05, 4.69) is 4.99 Å². The maximum atomic E-state index is 13.9. The molecule has 1 aliphatic rings. The van der Waals surface area contributed by atoms with Crippen molar-refractivity contribution in [2.75, 3.05) is 14.2 Å². The molecule has 1 aliphatic carbocycles. The molecule has 1 aromatic rings. The van der Waals surface area contributed by atoms with E-state index >= 15 is 0 Å². The van der Waals surface area contributed by atoms with Crippen LogP contribution in [0.3, 0.4) is 0 Å². The summed E-state index contributed by atoms with van der Waals surface area (Å²) in [4.78, 5) is 14.5. The van der Waals surface area contributed by atoms with E-state index in [-0.39, 0.29) is 16.5 Å². The molecular formula is C13H13ClFNO3. The molecule has 0 heterocycles. The molecule has 1 fully saturated rings. The van der Waals surface area contributed by atoms with E-state index in [0.717, 1.165) is 6.42 Å². The number of carbonyl (C=O) groups excluding carboxylic acids is 1. The Hall–Kier alpha value is -1.58. The first-order chi connectivity index (χ1) is 9.09. The molecule has 0 radical (unpaired) electrons. The van der Waals surface area contributed by atoms with Crippen LogP contribution < -0.4 is 9.47 Å². The number of benzene rings is 1. The zero-order valence-corrected chi connectivity index (χ0v) is 11.4. The minimum atomic E-state index is -0.724. The second-order valence-corrected chi connectivity index (χ2v) is 4.78. The molecule has 0 atom stereocenters. The molecule has 19 heavy (non-hydrogen) atoms. The Morgan fingerprint density at radius 1 is 1.37 bits per heavy atom. The highest BCUT2D eigenvalue weighted by Crippen LogP contribution is 2.52. The first-order valence-corrected chi connectivity index (χ1v) is 6.17. The number of isocyanates is 1. The number of halogens is 2. The molecule has 0 spiro atoms. The minimum Gasteiger partial charge on any atom is -0.492 e. The molecule has 6 heteroatoms. The van der Waals surface area contributed by atoms with Crippen LogP contribution in [0.15, 0.2) is 11.1 Å². The van der Waals surface area contributed by atoms with E-state index in [9.17, 15) is 9.18 Å². The average Bonchev–Trinajstić information content (AvgIpc) is 2.36. The number of rotatable bonds is 4. The number of ether oxygens (including phenoxy) is 2. The van der Waals surface area contributed by atoms with Crippen LogP contribution in [-0.2, 0) is 10.3 Å². The van der Waals surface area contributed by atoms with Crippen LogP contribution in [0.5, 0.6) is 11.5 Å². The van der Waals surface area contributed by atoms with Gasteiger partial charge in [-0.1, -0.05) is 11.6 Å². The molecule has 0 bridgehead atoms. The van der Waals surface area contributed by atoms with Crippen molar-refractivity contribution >= 4 is 17.7 Å². The fraction of sp³-hybridized carbons (Fsp3) is 0.462. The lowest BCUT2D eigenvalue weighted by Crippen LogP contribution is -2.32. The molecule has 0 aromatic heterocycles. The summed E-state index contributed by atoms with van der Waals surface area (Å²) in [6.07, 6.45) is 3.84. The molecule has 0 unspecified atom stereocenters. The topological polar surface area (TPSA) is 47.9 Å². The van der Waals surface area contributed by atoms with Crippen molar-refractivity contribution in [2.45, 2.75) is 24.8 Å². The Balaban J connectivity index is 2.69. The monoisotopic (exact) mass is 285 g/mol. The smallest absolute Gasteiger partial charge is 0.235 e. The van der Waals surface area contributed by atoms with Gasteiger partial charge >= 0.3 is 0 Å². The zero-order valence-electron chi connectivity index (χ0n) is 10.6. The van der Waals surface area contributed by atoms with Gasteiger partial charge in [0.25, 0.3) is 0 Å². The Morgan fingerprint density at radius 3 is 2.42 bits per heavy atom. The molecule has 0 amide bonds. The number of hydrogen-bond acceptors (Lipinski definition) is 4. The van der Waals surface area contributed by atoms with Gasteiger partial charge in [-0.05, 0) is 25.3 Å². The summed E-state index contributed by atoms with van der Waals surface area (Å²) in [5.74, 6) is -0.533. The van der Waals surface area contributed by atoms with Gasteiger partial charge in [-0.3, -0.25) is 0 Å². The van der Waals surface area contributed by atoms with Gasteiger partial charge in [0.1, 0.15) is 5.54 Å². The highest BCUT2D eigenvalue weighted by molar-refractivity contribution is 6.31. The quantitative estimate of drug-likeness (QED) is 0.630. The Bertz CT molecular complexity index is 551. The second kappa shape index (κ2) is 5.19. The number of hydrogen-bond donors (Lipinski definition) is 0. The van der Waals surface area contributed by atoms with E-state index < -0.39 is 11.4 Å². The lowest BCUT2D eigenvalue weighted by molar-refractivity contribution is 0.241. The molecule has 1 aromatic carbocycles. The summed E-state index contributed by atoms with van der Waals surface area (Å²) >= 11 is 5.86. The highest BCUT2D eigenvalue weighted by Gasteiger charge is 2.43. The van der Waals surface area contributed by atoms with Gasteiger partial charge in [-0.25, -0.2) is 9.18 Å². The number of aliphatic imine (C=N–C) groups is 1. The van der Waals surface area contributed by atoms with Crippen molar-refractivity contribution < 1.29 is 18.7 Å². The van der Waals surface area contributed by atoms with Crippen LogP contribution in [0.2, 0.25) is 5.02 Å². The van der Waals surface area contributed by atoms with Crippen LogP contribution in [0, 0.1) is 5.82 Å². The first-order valence-electron chi connectivity index (χ1n) is 5.79. The minimum absolute atomic E-state index is 0.0719. The third-order valence-corrected chi connectivity index (χ3v) is 3.76. The van der Waals surface area contributed by atoms with Gasteiger partial charge in [0.2, 0.25) is 6.08 Å². The summed E-state index contributed by atoms with van der Waals surface area (Å²) in [5, 5.41) is -0.0833. The molecule has 1 saturated carbocycles. The third-order valence-electron chi connectivity index (χ3n) is 3.48. The van der Waals surface area contributed by atoms with Crippen molar-refractivity contribution in [1.82, 2.24) is 0 Å². The SMILES string of the molecule is COc1c(C2(N=C=O)CCC2)cc(Cl)c(F)c1OC. The van der Waals surface area contributed by atoms with Crippen molar-refractivity contribution in [3.63, 3.8) is 0 Å². The predicted molar refractivity (Wildman–Crippen MR) is 68.2 cm³/mol. The van der Waals surface area contributed by atoms with Crippen molar-refractivity contribution in [1.29, 1.82) is 0 Å². The summed E-state index contributed by atoms with van der Waals surface area (Å²) in [6.45, 7) is 0. The number of methoxy groups -OCH3 is 2. The van der Waals surface area contributed by atoms with Crippen LogP contribution in [0.4, 0.5) is 4.39 Å². The molecular weight excluding hydrogens is 273 g/mol. The molecule has 0 saturated heterocycles. The lowest BCUT2D eigenvalue weighted by atomic mass is 9.72. The normalized spacial score (nSPS) is 16.2. The standard InChI is InChI=1S/C13H13ClFNO3/c1-18-11-8(13(16-7-17)4-3-5-13)6-9(14)10(15)12(11)19-2/h6H,3-5H2,1-2H3. The van der Waals surface area contributed by atoms with Gasteiger partial charge in [0.05, 0.1) is 19.2 Å². The Kier molecular flexibility index (Phi) is 3.78. The predicted octanol–water partition coefficient (Wildman–Crippen LogP) is 3.21. The molecule has 4 nitrogen and oxygen atoms in total. The maximum absolute atomic E-state index is 13.9. The van der Waals surface area contributed by atoms with Gasteiger partial charge in [-0.2, -0.15) is 4.99 Å². The van der Waals surface area contributed by atoms with Crippen LogP contribution in [0.25, 0.3) is 0 Å². The Labute approximate surface area is 115 Å². The van der Waals surface area contributed by atoms with Crippen molar-refractivity contribution in [3.05, 3.63) is 22.5 Å². The largest absolute Gasteiger partial charge is 0.492 e. The first kappa shape index (κ1) is 13.8. The van der Waals surface area contributed by atoms with E-state index in [0.29, 0.717) is 18.4 Å². The van der Waals surface area contributed by atoms with E-state index in [4.69, 9.17) is 21.1 Å². The molecule has 2 rings (SSSR count). The fourth-order valence-corrected chi connectivity index (χ4v) is 2.55. The second-order valence-electron chi connectivity index (χ2n) is 4.37. The van der Waals surface area contributed by atoms with Gasteiger partial charge in [0.15, 0.2) is 17.3 Å². The van der Waals surface area contributed by atoms with Crippen LogP contribution in [-0.4, -0.2) is 20.3 Å². The van der Waals surface area contributed by atoms with Gasteiger partial charge in [-0.15, -0.1) is 0 Å². The fourth-order valence-electron chi connectivity index (χ4n) is 2.36. The van der Waals surface area contributed by atoms with Crippen LogP contribution >= 0.6 is 11.6 Å². The summed E-state index contributed by atoms with van der Waals surface area (Å²) < 4.78 is 24.1. The van der Waals surface area contributed by atoms with Gasteiger partial charge < -0.3 is 9.47 Å². The average molecular weight is 286 g/mol. The summed E-state index contributed by atoms with van der Waals surface area (Å²) in [6, 6.07) is 1.44. The van der Waals surface area contributed by atoms with E-state index in [1.807, 2.05) is 0 Å². The highest BCUT2D eigenvalue weighted by atomic mass is 35.5. The maximum Gasteiger partial charge on any atom is 0.235 e. The van der Waals surface area contributed by atoms with E-state index in [1.54, 1.807) is 6.08 Å². The molecule has 0 N–H and O–H groups in total. The molecule has 0 aliphatic heterocycles. The van der Waals surface area contributed by atoms with Crippen LogP contribution in [0.1, 0.15) is 24.8 Å². The molecule has 102 valence electrons. The van der Waals surface area contributed by atoms with E-state index in [1.165, 1.54) is 20.3 Å². The van der Waals surface area contributed by atoms with Gasteiger partial charge in [0, 0.05) is 5.56 Å². The summed E-state index contributed by atoms with van der Waals surface area (Å²) in [5.41, 5.74) is -0.162. The Morgan fingerprint density at radius 2 is 2.00 bits per heavy atom. The van der Waals surface area contributed by atoms with Crippen molar-refractivity contribution in [2.24, 2.45) is 4.99 Å². The third kappa shape index (κ3) is 2.09. The van der Waals surface area contributed by atoms with Crippen molar-refractivity contribution in [3.8, 4) is 11.5 Å². The number of nitrogens with zero attached hydrogens (tertiary/aromatic N) is 1. The zero-order chi connectivity index (χ0) is 14.0.